The van der Waals surface area contributed by atoms with Crippen LogP contribution in [0.4, 0.5) is 5.13 Å². The zero-order chi connectivity index (χ0) is 26.5. The van der Waals surface area contributed by atoms with Crippen LogP contribution in [0.1, 0.15) is 10.6 Å². The minimum absolute atomic E-state index is 0.0263. The summed E-state index contributed by atoms with van der Waals surface area (Å²) in [7, 11) is -3.84. The molecule has 3 heterocycles. The number of oxime groups is 1. The van der Waals surface area contributed by atoms with Gasteiger partial charge in [0.15, 0.2) is 10.8 Å². The molecule has 1 aliphatic rings. The van der Waals surface area contributed by atoms with Gasteiger partial charge >= 0.3 is 16.3 Å². The number of aromatic nitrogens is 1. The van der Waals surface area contributed by atoms with Crippen molar-refractivity contribution in [1.29, 1.82) is 0 Å². The molecule has 1 fully saturated rings. The number of thiophene rings is 1. The fourth-order valence-corrected chi connectivity index (χ4v) is 5.34. The third-order valence-corrected chi connectivity index (χ3v) is 7.36. The largest absolute Gasteiger partial charge is 0.463 e. The highest BCUT2D eigenvalue weighted by molar-refractivity contribution is 7.84. The van der Waals surface area contributed by atoms with Crippen LogP contribution < -0.4 is 10.6 Å². The molecule has 0 saturated carbocycles. The Bertz CT molecular complexity index is 1280. The molecule has 0 spiro atoms. The maximum absolute atomic E-state index is 12.9. The summed E-state index contributed by atoms with van der Waals surface area (Å²) in [6, 6.07) is 0.542. The number of nitrogens with zero attached hydrogens (tertiary/aromatic N) is 3. The lowest BCUT2D eigenvalue weighted by Crippen LogP contribution is -2.73. The van der Waals surface area contributed by atoms with Crippen LogP contribution in [0.3, 0.4) is 0 Å². The molecular formula is C18H18ClN5O9S3. The molecule has 36 heavy (non-hydrogen) atoms. The lowest BCUT2D eigenvalue weighted by atomic mass is 9.99. The van der Waals surface area contributed by atoms with Gasteiger partial charge in [-0.25, -0.2) is 9.29 Å². The Balaban J connectivity index is 1.72. The molecule has 0 bridgehead atoms. The van der Waals surface area contributed by atoms with Crippen molar-refractivity contribution in [1.82, 2.24) is 14.6 Å². The maximum Gasteiger partial charge on any atom is 0.362 e. The van der Waals surface area contributed by atoms with Gasteiger partial charge in [-0.05, 0) is 11.4 Å². The second-order valence-corrected chi connectivity index (χ2v) is 10.4. The van der Waals surface area contributed by atoms with Crippen molar-refractivity contribution < 1.29 is 41.7 Å². The summed E-state index contributed by atoms with van der Waals surface area (Å²) < 4.78 is 37.9. The number of halogens is 1. The van der Waals surface area contributed by atoms with Gasteiger partial charge in [-0.3, -0.25) is 23.7 Å². The molecule has 1 aliphatic heterocycles. The number of esters is 1. The first kappa shape index (κ1) is 27.5. The van der Waals surface area contributed by atoms with E-state index in [0.717, 1.165) is 18.4 Å². The molecule has 3 N–H and O–H groups in total. The zero-order valence-electron chi connectivity index (χ0n) is 18.2. The van der Waals surface area contributed by atoms with Crippen molar-refractivity contribution in [3.63, 3.8) is 0 Å². The second kappa shape index (κ2) is 11.7. The van der Waals surface area contributed by atoms with E-state index < -0.39 is 58.4 Å². The number of anilines is 1. The molecule has 0 aliphatic carbocycles. The van der Waals surface area contributed by atoms with E-state index in [-0.39, 0.29) is 27.4 Å². The maximum atomic E-state index is 12.9. The number of carbonyl (C=O) groups is 4. The Morgan fingerprint density at radius 3 is 2.69 bits per heavy atom. The predicted molar refractivity (Wildman–Crippen MR) is 128 cm³/mol. The standard InChI is InChI=1S/C18H18ClN5O9S3/c1-32-23-14(10-8-35-18(20-10)21-12(25)6-19)16(27)22-15-11(24(17(15)28)36(29,30)31)7-33-13(26)5-9-3-2-4-34-9/h2-4,8,11,15H,5-7H2,1H3,(H,22,27)(H,20,21,25)(H,29,30,31)/b23-14-/t11-,15+/m0/s1. The molecule has 2 atom stereocenters. The summed E-state index contributed by atoms with van der Waals surface area (Å²) in [6.07, 6.45) is -0.0850. The Hall–Kier alpha value is -3.12. The van der Waals surface area contributed by atoms with E-state index >= 15 is 0 Å². The van der Waals surface area contributed by atoms with E-state index in [9.17, 15) is 32.1 Å². The van der Waals surface area contributed by atoms with Crippen LogP contribution >= 0.6 is 34.3 Å². The number of carbonyl (C=O) groups excluding carboxylic acids is 4. The van der Waals surface area contributed by atoms with Crippen molar-refractivity contribution >= 4 is 79.1 Å². The summed E-state index contributed by atoms with van der Waals surface area (Å²) in [5.41, 5.74) is -0.423. The number of ether oxygens (including phenoxy) is 1. The lowest BCUT2D eigenvalue weighted by molar-refractivity contribution is -0.155. The normalized spacial score (nSPS) is 17.8. The minimum atomic E-state index is -5.00. The first-order valence-electron chi connectivity index (χ1n) is 9.77. The third kappa shape index (κ3) is 6.55. The molecule has 1 saturated heterocycles. The molecule has 0 radical (unpaired) electrons. The number of hydrogen-bond acceptors (Lipinski definition) is 12. The lowest BCUT2D eigenvalue weighted by Gasteiger charge is -2.43. The Kier molecular flexibility index (Phi) is 8.96. The molecule has 194 valence electrons. The van der Waals surface area contributed by atoms with Crippen molar-refractivity contribution in [3.05, 3.63) is 33.5 Å². The summed E-state index contributed by atoms with van der Waals surface area (Å²) in [5, 5.41) is 11.5. The number of amides is 3. The number of thiazole rings is 1. The van der Waals surface area contributed by atoms with Crippen molar-refractivity contribution in [2.45, 2.75) is 18.5 Å². The Labute approximate surface area is 217 Å². The van der Waals surface area contributed by atoms with Gasteiger partial charge in [0.25, 0.3) is 11.8 Å². The summed E-state index contributed by atoms with van der Waals surface area (Å²) in [4.78, 5) is 58.2. The average molecular weight is 580 g/mol. The van der Waals surface area contributed by atoms with Crippen LogP contribution in [-0.2, 0) is 45.5 Å². The van der Waals surface area contributed by atoms with Gasteiger partial charge in [0.2, 0.25) is 5.91 Å². The predicted octanol–water partition coefficient (Wildman–Crippen LogP) is 0.0167. The molecule has 0 unspecified atom stereocenters. The van der Waals surface area contributed by atoms with Crippen molar-refractivity contribution in [3.8, 4) is 0 Å². The van der Waals surface area contributed by atoms with Gasteiger partial charge in [-0.2, -0.15) is 8.42 Å². The van der Waals surface area contributed by atoms with Gasteiger partial charge in [0.05, 0.1) is 6.42 Å². The van der Waals surface area contributed by atoms with Crippen LogP contribution in [0.25, 0.3) is 0 Å². The van der Waals surface area contributed by atoms with Crippen LogP contribution in [0, 0.1) is 0 Å². The molecule has 2 aromatic rings. The summed E-state index contributed by atoms with van der Waals surface area (Å²) >= 11 is 7.70. The monoisotopic (exact) mass is 579 g/mol. The van der Waals surface area contributed by atoms with E-state index in [2.05, 4.69) is 25.6 Å². The molecule has 3 rings (SSSR count). The fraction of sp³-hybridized carbons (Fsp3) is 0.333. The number of nitrogens with one attached hydrogen (secondary N) is 2. The Morgan fingerprint density at radius 1 is 1.33 bits per heavy atom. The quantitative estimate of drug-likeness (QED) is 0.0815. The average Bonchev–Trinajstić information content (AvgIpc) is 3.49. The van der Waals surface area contributed by atoms with Crippen molar-refractivity contribution in [2.24, 2.45) is 5.16 Å². The van der Waals surface area contributed by atoms with Gasteiger partial charge in [-0.1, -0.05) is 11.2 Å². The van der Waals surface area contributed by atoms with Crippen LogP contribution in [0.2, 0.25) is 0 Å². The number of alkyl halides is 1. The highest BCUT2D eigenvalue weighted by Gasteiger charge is 2.55. The number of hydrogen-bond donors (Lipinski definition) is 3. The SMILES string of the molecule is CO/N=C(\C(=O)N[C@H]1C(=O)N(S(=O)(=O)O)[C@H]1COC(=O)Cc1cccs1)c1csc(NC(=O)CCl)n1. The van der Waals surface area contributed by atoms with Gasteiger partial charge in [0.1, 0.15) is 37.4 Å². The third-order valence-electron chi connectivity index (χ3n) is 4.53. The molecule has 3 amide bonds. The first-order chi connectivity index (χ1) is 17.0. The minimum Gasteiger partial charge on any atom is -0.463 e. The van der Waals surface area contributed by atoms with Gasteiger partial charge in [0, 0.05) is 10.3 Å². The van der Waals surface area contributed by atoms with Crippen LogP contribution in [-0.4, -0.2) is 83.3 Å². The zero-order valence-corrected chi connectivity index (χ0v) is 21.4. The summed E-state index contributed by atoms with van der Waals surface area (Å²) in [5.74, 6) is -3.69. The topological polar surface area (TPSA) is 194 Å². The molecular weight excluding hydrogens is 562 g/mol. The Morgan fingerprint density at radius 2 is 2.08 bits per heavy atom. The van der Waals surface area contributed by atoms with E-state index in [1.54, 1.807) is 17.5 Å². The van der Waals surface area contributed by atoms with E-state index in [4.69, 9.17) is 16.3 Å². The molecule has 0 aromatic carbocycles. The van der Waals surface area contributed by atoms with Crippen LogP contribution in [0.5, 0.6) is 0 Å². The number of rotatable bonds is 11. The second-order valence-electron chi connectivity index (χ2n) is 6.91. The van der Waals surface area contributed by atoms with Crippen molar-refractivity contribution in [2.75, 3.05) is 24.9 Å². The molecule has 2 aromatic heterocycles. The van der Waals surface area contributed by atoms with E-state index in [0.29, 0.717) is 4.88 Å². The van der Waals surface area contributed by atoms with Gasteiger partial charge < -0.3 is 20.2 Å². The summed E-state index contributed by atoms with van der Waals surface area (Å²) in [6.45, 7) is -0.622. The molecule has 14 nitrogen and oxygen atoms in total. The van der Waals surface area contributed by atoms with E-state index in [1.807, 2.05) is 0 Å². The molecule has 18 heteroatoms. The smallest absolute Gasteiger partial charge is 0.362 e. The van der Waals surface area contributed by atoms with E-state index in [1.165, 1.54) is 16.7 Å². The van der Waals surface area contributed by atoms with Crippen LogP contribution in [0.15, 0.2) is 28.0 Å². The fourth-order valence-electron chi connectivity index (χ4n) is 3.01. The number of β-lactam (4-membered cyclic amide) rings is 1. The highest BCUT2D eigenvalue weighted by atomic mass is 35.5. The van der Waals surface area contributed by atoms with Gasteiger partial charge in [-0.15, -0.1) is 34.3 Å². The first-order valence-corrected chi connectivity index (χ1v) is 13.5. The highest BCUT2D eigenvalue weighted by Crippen LogP contribution is 2.25.